The molecule has 2 nitrogen and oxygen atoms in total. The van der Waals surface area contributed by atoms with E-state index in [1.165, 1.54) is 0 Å². The molecule has 3 aromatic rings. The smallest absolute Gasteiger partial charge is 0.118 e. The Morgan fingerprint density at radius 1 is 0.917 bits per heavy atom. The maximum atomic E-state index is 9.71. The summed E-state index contributed by atoms with van der Waals surface area (Å²) in [6, 6.07) is 11.2. The maximum Gasteiger partial charge on any atom is 0.118 e. The first-order chi connectivity index (χ1) is 11.4. The molecule has 2 aromatic carbocycles. The molecule has 5 heteroatoms. The van der Waals surface area contributed by atoms with Crippen LogP contribution in [0, 0.1) is 13.8 Å². The molecular weight excluding hydrogens is 315 g/mol. The SMILES string of the molecule is [B]c1cc(-c2cnc(-c3ccc(Cl)c(C)c3)cc2C)cc([B])c1O. The van der Waals surface area contributed by atoms with Crippen molar-refractivity contribution in [3.05, 3.63) is 58.7 Å². The van der Waals surface area contributed by atoms with Crippen LogP contribution in [-0.4, -0.2) is 25.8 Å². The van der Waals surface area contributed by atoms with E-state index in [4.69, 9.17) is 27.3 Å². The predicted octanol–water partition coefficient (Wildman–Crippen LogP) is 2.98. The quantitative estimate of drug-likeness (QED) is 0.733. The van der Waals surface area contributed by atoms with Crippen LogP contribution in [0.25, 0.3) is 22.4 Å². The van der Waals surface area contributed by atoms with E-state index in [-0.39, 0.29) is 16.7 Å². The Bertz CT molecular complexity index is 918. The predicted molar refractivity (Wildman–Crippen MR) is 102 cm³/mol. The summed E-state index contributed by atoms with van der Waals surface area (Å²) < 4.78 is 0. The molecule has 0 unspecified atom stereocenters. The average Bonchev–Trinajstić information content (AvgIpc) is 2.54. The van der Waals surface area contributed by atoms with Crippen LogP contribution in [0.1, 0.15) is 11.1 Å². The minimum Gasteiger partial charge on any atom is -0.509 e. The fourth-order valence-corrected chi connectivity index (χ4v) is 2.77. The number of hydrogen-bond donors (Lipinski definition) is 1. The van der Waals surface area contributed by atoms with Crippen LogP contribution >= 0.6 is 11.6 Å². The van der Waals surface area contributed by atoms with Crippen LogP contribution in [-0.2, 0) is 0 Å². The van der Waals surface area contributed by atoms with E-state index < -0.39 is 0 Å². The summed E-state index contributed by atoms with van der Waals surface area (Å²) >= 11 is 6.08. The van der Waals surface area contributed by atoms with Gasteiger partial charge in [-0.25, -0.2) is 0 Å². The standard InChI is InChI=1S/C19H14B2ClNO/c1-10-6-18(12-3-4-17(22)11(2)5-12)23-9-14(10)13-7-15(20)19(24)16(21)8-13/h3-9,24H,1-2H3. The van der Waals surface area contributed by atoms with Gasteiger partial charge in [0.05, 0.1) is 5.69 Å². The van der Waals surface area contributed by atoms with E-state index in [2.05, 4.69) is 4.98 Å². The van der Waals surface area contributed by atoms with Crippen molar-refractivity contribution in [2.75, 3.05) is 0 Å². The molecule has 0 atom stereocenters. The fourth-order valence-electron chi connectivity index (χ4n) is 2.66. The van der Waals surface area contributed by atoms with Gasteiger partial charge in [-0.05, 0) is 48.7 Å². The van der Waals surface area contributed by atoms with Crippen LogP contribution < -0.4 is 10.9 Å². The normalized spacial score (nSPS) is 10.8. The van der Waals surface area contributed by atoms with E-state index >= 15 is 0 Å². The first kappa shape index (κ1) is 16.7. The number of nitrogens with zero attached hydrogens (tertiary/aromatic N) is 1. The molecule has 0 saturated heterocycles. The third-order valence-corrected chi connectivity index (χ3v) is 4.47. The van der Waals surface area contributed by atoms with Gasteiger partial charge in [0, 0.05) is 22.3 Å². The van der Waals surface area contributed by atoms with Crippen molar-refractivity contribution in [3.63, 3.8) is 0 Å². The molecule has 114 valence electrons. The Kier molecular flexibility index (Phi) is 4.42. The Morgan fingerprint density at radius 3 is 2.17 bits per heavy atom. The lowest BCUT2D eigenvalue weighted by Gasteiger charge is -2.12. The number of phenols is 1. The molecule has 0 saturated carbocycles. The molecule has 24 heavy (non-hydrogen) atoms. The zero-order valence-corrected chi connectivity index (χ0v) is 14.2. The van der Waals surface area contributed by atoms with Crippen molar-refractivity contribution < 1.29 is 5.11 Å². The highest BCUT2D eigenvalue weighted by molar-refractivity contribution is 6.41. The second-order valence-corrected chi connectivity index (χ2v) is 6.26. The third kappa shape index (κ3) is 3.07. The largest absolute Gasteiger partial charge is 0.509 e. The van der Waals surface area contributed by atoms with Crippen LogP contribution in [0.15, 0.2) is 42.6 Å². The van der Waals surface area contributed by atoms with Crippen LogP contribution in [0.5, 0.6) is 5.75 Å². The molecule has 0 bridgehead atoms. The summed E-state index contributed by atoms with van der Waals surface area (Å²) in [5, 5.41) is 10.4. The Balaban J connectivity index is 2.06. The first-order valence-electron chi connectivity index (χ1n) is 7.48. The van der Waals surface area contributed by atoms with E-state index in [1.807, 2.05) is 38.1 Å². The zero-order chi connectivity index (χ0) is 17.4. The lowest BCUT2D eigenvalue weighted by Crippen LogP contribution is -2.15. The number of hydrogen-bond acceptors (Lipinski definition) is 2. The monoisotopic (exact) mass is 329 g/mol. The fraction of sp³-hybridized carbons (Fsp3) is 0.105. The molecular formula is C19H14B2ClNO. The summed E-state index contributed by atoms with van der Waals surface area (Å²) in [4.78, 5) is 4.55. The number of halogens is 1. The molecule has 1 aromatic heterocycles. The van der Waals surface area contributed by atoms with Crippen molar-refractivity contribution in [3.8, 4) is 28.1 Å². The van der Waals surface area contributed by atoms with Crippen molar-refractivity contribution in [2.45, 2.75) is 13.8 Å². The minimum absolute atomic E-state index is 0.0855. The van der Waals surface area contributed by atoms with Gasteiger partial charge in [0.1, 0.15) is 21.4 Å². The van der Waals surface area contributed by atoms with Crippen LogP contribution in [0.3, 0.4) is 0 Å². The molecule has 4 radical (unpaired) electrons. The number of rotatable bonds is 2. The Hall–Kier alpha value is -2.19. The lowest BCUT2D eigenvalue weighted by molar-refractivity contribution is 0.484. The average molecular weight is 329 g/mol. The van der Waals surface area contributed by atoms with Gasteiger partial charge in [0.2, 0.25) is 0 Å². The van der Waals surface area contributed by atoms with Crippen molar-refractivity contribution in [2.24, 2.45) is 0 Å². The van der Waals surface area contributed by atoms with Gasteiger partial charge in [-0.1, -0.05) is 40.7 Å². The maximum absolute atomic E-state index is 9.71. The summed E-state index contributed by atoms with van der Waals surface area (Å²) in [7, 11) is 11.6. The lowest BCUT2D eigenvalue weighted by atomic mass is 9.82. The first-order valence-corrected chi connectivity index (χ1v) is 7.86. The van der Waals surface area contributed by atoms with Gasteiger partial charge in [-0.2, -0.15) is 0 Å². The molecule has 0 fully saturated rings. The van der Waals surface area contributed by atoms with E-state index in [1.54, 1.807) is 18.3 Å². The summed E-state index contributed by atoms with van der Waals surface area (Å²) in [5.74, 6) is -0.0855. The molecule has 3 rings (SSSR count). The third-order valence-electron chi connectivity index (χ3n) is 4.04. The number of benzene rings is 2. The van der Waals surface area contributed by atoms with Gasteiger partial charge in [-0.15, -0.1) is 0 Å². The minimum atomic E-state index is -0.0855. The Morgan fingerprint density at radius 2 is 1.58 bits per heavy atom. The van der Waals surface area contributed by atoms with E-state index in [0.717, 1.165) is 38.5 Å². The molecule has 0 amide bonds. The number of aromatic hydroxyl groups is 1. The van der Waals surface area contributed by atoms with Crippen molar-refractivity contribution >= 4 is 38.2 Å². The molecule has 0 aliphatic heterocycles. The summed E-state index contributed by atoms with van der Waals surface area (Å²) in [6.07, 6.45) is 1.79. The van der Waals surface area contributed by atoms with Gasteiger partial charge in [0.25, 0.3) is 0 Å². The second kappa shape index (κ2) is 6.37. The van der Waals surface area contributed by atoms with Gasteiger partial charge in [0.15, 0.2) is 0 Å². The van der Waals surface area contributed by atoms with Gasteiger partial charge < -0.3 is 5.11 Å². The number of aromatic nitrogens is 1. The number of phenolic OH excluding ortho intramolecular Hbond substituents is 1. The van der Waals surface area contributed by atoms with E-state index in [0.29, 0.717) is 0 Å². The van der Waals surface area contributed by atoms with Crippen LogP contribution in [0.2, 0.25) is 5.02 Å². The number of pyridine rings is 1. The highest BCUT2D eigenvalue weighted by Gasteiger charge is 2.09. The van der Waals surface area contributed by atoms with Gasteiger partial charge >= 0.3 is 0 Å². The van der Waals surface area contributed by atoms with Crippen LogP contribution in [0.4, 0.5) is 0 Å². The Labute approximate surface area is 149 Å². The topological polar surface area (TPSA) is 33.1 Å². The summed E-state index contributed by atoms with van der Waals surface area (Å²) in [5.41, 5.74) is 6.18. The molecule has 1 heterocycles. The molecule has 0 spiro atoms. The van der Waals surface area contributed by atoms with Crippen molar-refractivity contribution in [1.82, 2.24) is 4.98 Å². The highest BCUT2D eigenvalue weighted by Crippen LogP contribution is 2.28. The molecule has 1 N–H and O–H groups in total. The molecule has 0 aliphatic carbocycles. The van der Waals surface area contributed by atoms with E-state index in [9.17, 15) is 5.11 Å². The highest BCUT2D eigenvalue weighted by atomic mass is 35.5. The number of aryl methyl sites for hydroxylation is 2. The zero-order valence-electron chi connectivity index (χ0n) is 13.5. The second-order valence-electron chi connectivity index (χ2n) is 5.85. The van der Waals surface area contributed by atoms with Gasteiger partial charge in [-0.3, -0.25) is 4.98 Å². The molecule has 0 aliphatic rings. The van der Waals surface area contributed by atoms with Crippen molar-refractivity contribution in [1.29, 1.82) is 0 Å². The summed E-state index contributed by atoms with van der Waals surface area (Å²) in [6.45, 7) is 3.97.